The number of halogens is 3. The fourth-order valence-corrected chi connectivity index (χ4v) is 3.53. The zero-order valence-corrected chi connectivity index (χ0v) is 15.6. The van der Waals surface area contributed by atoms with Crippen molar-refractivity contribution < 1.29 is 4.42 Å². The Bertz CT molecular complexity index is 1180. The Hall–Kier alpha value is -2.26. The van der Waals surface area contributed by atoms with Crippen LogP contribution in [0.3, 0.4) is 0 Å². The van der Waals surface area contributed by atoms with E-state index in [4.69, 9.17) is 39.2 Å². The Morgan fingerprint density at radius 2 is 1.42 bits per heavy atom. The average molecular weight is 402 g/mol. The number of rotatable bonds is 2. The molecule has 0 radical (unpaired) electrons. The van der Waals surface area contributed by atoms with Crippen molar-refractivity contribution in [2.24, 2.45) is 0 Å². The van der Waals surface area contributed by atoms with Gasteiger partial charge >= 0.3 is 5.63 Å². The molecule has 1 aromatic heterocycles. The van der Waals surface area contributed by atoms with Crippen molar-refractivity contribution >= 4 is 45.8 Å². The summed E-state index contributed by atoms with van der Waals surface area (Å²) < 4.78 is 5.54. The molecule has 0 unspecified atom stereocenters. The Labute approximate surface area is 164 Å². The number of benzene rings is 3. The van der Waals surface area contributed by atoms with E-state index in [2.05, 4.69) is 0 Å². The van der Waals surface area contributed by atoms with Gasteiger partial charge < -0.3 is 4.42 Å². The number of hydrogen-bond acceptors (Lipinski definition) is 2. The van der Waals surface area contributed by atoms with Gasteiger partial charge in [-0.15, -0.1) is 0 Å². The number of fused-ring (bicyclic) bond motifs is 1. The van der Waals surface area contributed by atoms with Gasteiger partial charge in [-0.3, -0.25) is 0 Å². The molecule has 0 bridgehead atoms. The first kappa shape index (κ1) is 17.2. The molecule has 0 spiro atoms. The van der Waals surface area contributed by atoms with Crippen LogP contribution in [0.1, 0.15) is 0 Å². The highest BCUT2D eigenvalue weighted by Crippen LogP contribution is 2.39. The maximum absolute atomic E-state index is 12.8. The van der Waals surface area contributed by atoms with E-state index < -0.39 is 5.63 Å². The van der Waals surface area contributed by atoms with Gasteiger partial charge in [-0.25, -0.2) is 4.79 Å². The molecule has 3 aromatic carbocycles. The van der Waals surface area contributed by atoms with Gasteiger partial charge in [0.25, 0.3) is 0 Å². The highest BCUT2D eigenvalue weighted by atomic mass is 35.5. The van der Waals surface area contributed by atoms with E-state index in [1.807, 2.05) is 24.3 Å². The quantitative estimate of drug-likeness (QED) is 0.336. The zero-order valence-electron chi connectivity index (χ0n) is 13.3. The fourth-order valence-electron chi connectivity index (χ4n) is 3.00. The van der Waals surface area contributed by atoms with Crippen molar-refractivity contribution in [2.75, 3.05) is 0 Å². The minimum absolute atomic E-state index is 0.396. The Kier molecular flexibility index (Phi) is 4.49. The molecule has 4 aromatic rings. The molecular formula is C21H11Cl3O2. The SMILES string of the molecule is O=c1oc2ccc(Cl)cc2c(-c2ccc(Cl)cc2)c1-c1ccccc1Cl. The Balaban J connectivity index is 2.19. The van der Waals surface area contributed by atoms with Gasteiger partial charge in [-0.05, 0) is 42.0 Å². The lowest BCUT2D eigenvalue weighted by molar-refractivity contribution is 0.564. The van der Waals surface area contributed by atoms with Crippen LogP contribution in [0.5, 0.6) is 0 Å². The monoisotopic (exact) mass is 400 g/mol. The summed E-state index contributed by atoms with van der Waals surface area (Å²) in [6.07, 6.45) is 0. The molecular weight excluding hydrogens is 391 g/mol. The van der Waals surface area contributed by atoms with Crippen molar-refractivity contribution in [1.82, 2.24) is 0 Å². The molecule has 5 heteroatoms. The van der Waals surface area contributed by atoms with Gasteiger partial charge in [0.05, 0.1) is 5.56 Å². The van der Waals surface area contributed by atoms with E-state index in [1.54, 1.807) is 42.5 Å². The third-order valence-corrected chi connectivity index (χ3v) is 4.96. The molecule has 0 saturated carbocycles. The highest BCUT2D eigenvalue weighted by molar-refractivity contribution is 6.34. The first-order chi connectivity index (χ1) is 12.5. The van der Waals surface area contributed by atoms with E-state index >= 15 is 0 Å². The highest BCUT2D eigenvalue weighted by Gasteiger charge is 2.20. The molecule has 1 heterocycles. The molecule has 0 aliphatic rings. The lowest BCUT2D eigenvalue weighted by atomic mass is 9.93. The minimum atomic E-state index is -0.460. The summed E-state index contributed by atoms with van der Waals surface area (Å²) in [7, 11) is 0. The molecule has 0 amide bonds. The van der Waals surface area contributed by atoms with Gasteiger partial charge in [-0.2, -0.15) is 0 Å². The summed E-state index contributed by atoms with van der Waals surface area (Å²) in [4.78, 5) is 12.8. The second-order valence-electron chi connectivity index (χ2n) is 5.77. The molecule has 2 nitrogen and oxygen atoms in total. The van der Waals surface area contributed by atoms with Crippen LogP contribution < -0.4 is 5.63 Å². The summed E-state index contributed by atoms with van der Waals surface area (Å²) in [5.41, 5.74) is 2.54. The predicted molar refractivity (Wildman–Crippen MR) is 108 cm³/mol. The normalized spacial score (nSPS) is 11.0. The molecule has 0 aliphatic carbocycles. The van der Waals surface area contributed by atoms with Crippen LogP contribution in [0.15, 0.2) is 75.9 Å². The van der Waals surface area contributed by atoms with Gasteiger partial charge in [0.15, 0.2) is 0 Å². The Morgan fingerprint density at radius 1 is 0.731 bits per heavy atom. The van der Waals surface area contributed by atoms with Gasteiger partial charge in [0, 0.05) is 31.6 Å². The minimum Gasteiger partial charge on any atom is -0.422 e. The van der Waals surface area contributed by atoms with E-state index in [1.165, 1.54) is 0 Å². The molecule has 0 aliphatic heterocycles. The van der Waals surface area contributed by atoms with Crippen LogP contribution in [0.4, 0.5) is 0 Å². The smallest absolute Gasteiger partial charge is 0.344 e. The van der Waals surface area contributed by atoms with Gasteiger partial charge in [0.1, 0.15) is 5.58 Å². The van der Waals surface area contributed by atoms with Crippen LogP contribution in [-0.2, 0) is 0 Å². The van der Waals surface area contributed by atoms with Crippen molar-refractivity contribution in [2.45, 2.75) is 0 Å². The maximum Gasteiger partial charge on any atom is 0.344 e. The van der Waals surface area contributed by atoms with Crippen LogP contribution in [-0.4, -0.2) is 0 Å². The van der Waals surface area contributed by atoms with E-state index in [-0.39, 0.29) is 0 Å². The maximum atomic E-state index is 12.8. The van der Waals surface area contributed by atoms with E-state index in [9.17, 15) is 4.79 Å². The summed E-state index contributed by atoms with van der Waals surface area (Å²) in [5, 5.41) is 2.36. The second kappa shape index (κ2) is 6.81. The zero-order chi connectivity index (χ0) is 18.3. The third-order valence-electron chi connectivity index (χ3n) is 4.14. The molecule has 0 saturated heterocycles. The molecule has 0 atom stereocenters. The van der Waals surface area contributed by atoms with E-state index in [0.717, 1.165) is 10.9 Å². The number of hydrogen-bond donors (Lipinski definition) is 0. The van der Waals surface area contributed by atoms with Gasteiger partial charge in [0.2, 0.25) is 0 Å². The van der Waals surface area contributed by atoms with Crippen LogP contribution in [0.2, 0.25) is 15.1 Å². The van der Waals surface area contributed by atoms with Crippen molar-refractivity contribution in [3.8, 4) is 22.3 Å². The summed E-state index contributed by atoms with van der Waals surface area (Å²) in [5.74, 6) is 0. The lowest BCUT2D eigenvalue weighted by Gasteiger charge is -2.13. The molecule has 128 valence electrons. The second-order valence-corrected chi connectivity index (χ2v) is 7.05. The Morgan fingerprint density at radius 3 is 2.15 bits per heavy atom. The molecule has 0 fully saturated rings. The standard InChI is InChI=1S/C21H11Cl3O2/c22-13-7-5-12(6-8-13)19-16-11-14(23)9-10-18(16)26-21(25)20(19)15-3-1-2-4-17(15)24/h1-11H. The predicted octanol–water partition coefficient (Wildman–Crippen LogP) is 7.09. The van der Waals surface area contributed by atoms with Crippen molar-refractivity contribution in [3.63, 3.8) is 0 Å². The van der Waals surface area contributed by atoms with E-state index in [0.29, 0.717) is 37.3 Å². The largest absolute Gasteiger partial charge is 0.422 e. The van der Waals surface area contributed by atoms with Crippen LogP contribution in [0.25, 0.3) is 33.2 Å². The first-order valence-electron chi connectivity index (χ1n) is 7.82. The topological polar surface area (TPSA) is 30.2 Å². The van der Waals surface area contributed by atoms with Crippen LogP contribution in [0, 0.1) is 0 Å². The summed E-state index contributed by atoms with van der Waals surface area (Å²) >= 11 is 18.6. The molecule has 26 heavy (non-hydrogen) atoms. The lowest BCUT2D eigenvalue weighted by Crippen LogP contribution is -2.06. The average Bonchev–Trinajstić information content (AvgIpc) is 2.63. The van der Waals surface area contributed by atoms with Crippen molar-refractivity contribution in [3.05, 3.63) is 92.2 Å². The summed E-state index contributed by atoms with van der Waals surface area (Å²) in [6, 6.07) is 19.6. The first-order valence-corrected chi connectivity index (χ1v) is 8.95. The van der Waals surface area contributed by atoms with Gasteiger partial charge in [-0.1, -0.05) is 65.1 Å². The fraction of sp³-hybridized carbons (Fsp3) is 0. The molecule has 4 rings (SSSR count). The summed E-state index contributed by atoms with van der Waals surface area (Å²) in [6.45, 7) is 0. The van der Waals surface area contributed by atoms with Crippen LogP contribution >= 0.6 is 34.8 Å². The van der Waals surface area contributed by atoms with Crippen molar-refractivity contribution in [1.29, 1.82) is 0 Å². The third kappa shape index (κ3) is 3.01. The molecule has 0 N–H and O–H groups in total.